The van der Waals surface area contributed by atoms with Crippen LogP contribution in [0.2, 0.25) is 16.6 Å². The third-order valence-electron chi connectivity index (χ3n) is 7.10. The molecular formula is C27H38N2O4Si. The van der Waals surface area contributed by atoms with Crippen molar-refractivity contribution in [2.45, 2.75) is 82.5 Å². The second kappa shape index (κ2) is 10.8. The highest BCUT2D eigenvalue weighted by molar-refractivity contribution is 6.77. The first-order valence-electron chi connectivity index (χ1n) is 12.2. The van der Waals surface area contributed by atoms with E-state index in [0.29, 0.717) is 16.6 Å². The van der Waals surface area contributed by atoms with Gasteiger partial charge in [-0.05, 0) is 27.8 Å². The summed E-state index contributed by atoms with van der Waals surface area (Å²) in [5, 5.41) is 14.8. The van der Waals surface area contributed by atoms with Gasteiger partial charge in [0.2, 0.25) is 8.32 Å². The van der Waals surface area contributed by atoms with Gasteiger partial charge in [0.05, 0.1) is 12.1 Å². The number of amides is 2. The van der Waals surface area contributed by atoms with E-state index in [1.807, 2.05) is 48.5 Å². The molecular weight excluding hydrogens is 444 g/mol. The van der Waals surface area contributed by atoms with Gasteiger partial charge in [-0.3, -0.25) is 9.59 Å². The van der Waals surface area contributed by atoms with Gasteiger partial charge >= 0.3 is 0 Å². The SMILES string of the molecule is CC(C)[Si](OC1C(=O)NC1c1ccccc1)(C(C)C)C(C)C.O=C1NC(c2ccccc2)C1O. The van der Waals surface area contributed by atoms with Gasteiger partial charge in [0.25, 0.3) is 11.8 Å². The molecule has 2 fully saturated rings. The van der Waals surface area contributed by atoms with Crippen LogP contribution in [0, 0.1) is 0 Å². The lowest BCUT2D eigenvalue weighted by Crippen LogP contribution is -2.63. The number of carbonyl (C=O) groups excluding carboxylic acids is 2. The first-order chi connectivity index (χ1) is 16.1. The van der Waals surface area contributed by atoms with E-state index in [2.05, 4.69) is 64.3 Å². The first kappa shape index (κ1) is 26.1. The summed E-state index contributed by atoms with van der Waals surface area (Å²) in [6.07, 6.45) is -1.20. The minimum Gasteiger partial charge on any atom is -0.402 e. The Labute approximate surface area is 204 Å². The Morgan fingerprint density at radius 3 is 1.47 bits per heavy atom. The zero-order valence-electron chi connectivity index (χ0n) is 21.0. The number of aliphatic hydroxyl groups excluding tert-OH is 1. The lowest BCUT2D eigenvalue weighted by atomic mass is 9.94. The van der Waals surface area contributed by atoms with Crippen LogP contribution in [0.15, 0.2) is 60.7 Å². The largest absolute Gasteiger partial charge is 0.402 e. The molecule has 0 spiro atoms. The Hall–Kier alpha value is -2.48. The van der Waals surface area contributed by atoms with Gasteiger partial charge in [-0.15, -0.1) is 0 Å². The Kier molecular flexibility index (Phi) is 8.33. The van der Waals surface area contributed by atoms with Crippen LogP contribution < -0.4 is 10.6 Å². The standard InChI is InChI=1S/C18H29NO2Si.C9H9NO2/c1-12(2)22(13(3)4,14(5)6)21-17-16(19-18(17)20)15-10-8-7-9-11-15;11-8-7(10-9(8)12)6-4-2-1-3-5-6/h7-14,16-17H,1-6H3,(H,19,20);1-5,7-8,11H,(H,10,12). The van der Waals surface area contributed by atoms with Crippen LogP contribution >= 0.6 is 0 Å². The molecule has 7 heteroatoms. The average molecular weight is 483 g/mol. The summed E-state index contributed by atoms with van der Waals surface area (Å²) in [4.78, 5) is 22.8. The molecule has 2 aromatic rings. The topological polar surface area (TPSA) is 87.7 Å². The number of hydrogen-bond acceptors (Lipinski definition) is 4. The summed E-state index contributed by atoms with van der Waals surface area (Å²) in [5.41, 5.74) is 3.53. The predicted octanol–water partition coefficient (Wildman–Crippen LogP) is 4.64. The Bertz CT molecular complexity index is 943. The summed E-state index contributed by atoms with van der Waals surface area (Å²) in [7, 11) is -2.04. The van der Waals surface area contributed by atoms with Crippen molar-refractivity contribution in [1.29, 1.82) is 0 Å². The molecule has 2 saturated heterocycles. The number of β-lactam (4-membered cyclic amide) rings is 2. The maximum Gasteiger partial charge on any atom is 0.251 e. The molecule has 3 N–H and O–H groups in total. The number of carbonyl (C=O) groups is 2. The van der Waals surface area contributed by atoms with E-state index >= 15 is 0 Å². The molecule has 0 aliphatic carbocycles. The van der Waals surface area contributed by atoms with Crippen molar-refractivity contribution in [1.82, 2.24) is 10.6 Å². The minimum atomic E-state index is -2.04. The predicted molar refractivity (Wildman–Crippen MR) is 137 cm³/mol. The number of rotatable bonds is 7. The fraction of sp³-hybridized carbons (Fsp3) is 0.481. The molecule has 6 nitrogen and oxygen atoms in total. The van der Waals surface area contributed by atoms with Crippen LogP contribution in [0.1, 0.15) is 64.8 Å². The third-order valence-corrected chi connectivity index (χ3v) is 13.2. The van der Waals surface area contributed by atoms with Crippen molar-refractivity contribution in [2.75, 3.05) is 0 Å². The van der Waals surface area contributed by atoms with Crippen LogP contribution in [0.25, 0.3) is 0 Å². The smallest absolute Gasteiger partial charge is 0.251 e. The molecule has 34 heavy (non-hydrogen) atoms. The van der Waals surface area contributed by atoms with E-state index in [1.165, 1.54) is 0 Å². The molecule has 2 amide bonds. The van der Waals surface area contributed by atoms with Gasteiger partial charge in [0, 0.05) is 0 Å². The highest BCUT2D eigenvalue weighted by Crippen LogP contribution is 2.45. The highest BCUT2D eigenvalue weighted by Gasteiger charge is 2.52. The fourth-order valence-electron chi connectivity index (χ4n) is 5.33. The lowest BCUT2D eigenvalue weighted by Gasteiger charge is -2.48. The van der Waals surface area contributed by atoms with Crippen LogP contribution in [-0.2, 0) is 14.0 Å². The van der Waals surface area contributed by atoms with E-state index in [1.54, 1.807) is 0 Å². The van der Waals surface area contributed by atoms with Gasteiger partial charge in [-0.25, -0.2) is 0 Å². The Balaban J connectivity index is 0.000000226. The molecule has 0 saturated carbocycles. The molecule has 0 aromatic heterocycles. The summed E-state index contributed by atoms with van der Waals surface area (Å²) < 4.78 is 6.66. The van der Waals surface area contributed by atoms with Gasteiger partial charge < -0.3 is 20.2 Å². The number of nitrogens with one attached hydrogen (secondary N) is 2. The monoisotopic (exact) mass is 482 g/mol. The molecule has 2 aromatic carbocycles. The van der Waals surface area contributed by atoms with Gasteiger partial charge in [-0.1, -0.05) is 102 Å². The zero-order valence-corrected chi connectivity index (χ0v) is 22.0. The average Bonchev–Trinajstić information content (AvgIpc) is 2.82. The van der Waals surface area contributed by atoms with E-state index in [-0.39, 0.29) is 30.0 Å². The quantitative estimate of drug-likeness (QED) is 0.396. The highest BCUT2D eigenvalue weighted by atomic mass is 28.4. The third kappa shape index (κ3) is 5.11. The minimum absolute atomic E-state index is 0.00294. The lowest BCUT2D eigenvalue weighted by molar-refractivity contribution is -0.142. The summed E-state index contributed by atoms with van der Waals surface area (Å²) in [5.74, 6) is -0.253. The van der Waals surface area contributed by atoms with Gasteiger partial charge in [0.15, 0.2) is 6.10 Å². The maximum absolute atomic E-state index is 12.1. The van der Waals surface area contributed by atoms with Crippen molar-refractivity contribution in [3.05, 3.63) is 71.8 Å². The van der Waals surface area contributed by atoms with E-state index in [9.17, 15) is 14.7 Å². The zero-order chi connectivity index (χ0) is 25.0. The maximum atomic E-state index is 12.1. The van der Waals surface area contributed by atoms with E-state index < -0.39 is 14.4 Å². The second-order valence-electron chi connectivity index (χ2n) is 10.1. The van der Waals surface area contributed by atoms with Crippen molar-refractivity contribution in [2.24, 2.45) is 0 Å². The molecule has 2 aliphatic rings. The van der Waals surface area contributed by atoms with Crippen molar-refractivity contribution >= 4 is 20.1 Å². The van der Waals surface area contributed by atoms with Gasteiger partial charge in [0.1, 0.15) is 6.10 Å². The van der Waals surface area contributed by atoms with Crippen molar-refractivity contribution in [3.63, 3.8) is 0 Å². The number of aliphatic hydroxyl groups is 1. The summed E-state index contributed by atoms with van der Waals surface area (Å²) in [6, 6.07) is 19.3. The molecule has 4 unspecified atom stereocenters. The fourth-order valence-corrected chi connectivity index (χ4v) is 10.8. The normalized spacial score (nSPS) is 24.1. The van der Waals surface area contributed by atoms with Crippen molar-refractivity contribution in [3.8, 4) is 0 Å². The van der Waals surface area contributed by atoms with E-state index in [4.69, 9.17) is 4.43 Å². The van der Waals surface area contributed by atoms with Crippen molar-refractivity contribution < 1.29 is 19.1 Å². The number of benzene rings is 2. The number of hydrogen-bond donors (Lipinski definition) is 3. The van der Waals surface area contributed by atoms with Gasteiger partial charge in [-0.2, -0.15) is 0 Å². The molecule has 184 valence electrons. The summed E-state index contributed by atoms with van der Waals surface area (Å²) >= 11 is 0. The van der Waals surface area contributed by atoms with E-state index in [0.717, 1.165) is 11.1 Å². The Morgan fingerprint density at radius 1 is 0.706 bits per heavy atom. The first-order valence-corrected chi connectivity index (χ1v) is 14.3. The molecule has 2 aliphatic heterocycles. The summed E-state index contributed by atoms with van der Waals surface area (Å²) in [6.45, 7) is 13.5. The van der Waals surface area contributed by atoms with Crippen LogP contribution in [0.5, 0.6) is 0 Å². The molecule has 4 rings (SSSR count). The molecule has 2 heterocycles. The second-order valence-corrected chi connectivity index (χ2v) is 15.5. The molecule has 0 bridgehead atoms. The van der Waals surface area contributed by atoms with Crippen LogP contribution in [0.3, 0.4) is 0 Å². The van der Waals surface area contributed by atoms with Crippen LogP contribution in [0.4, 0.5) is 0 Å². The Morgan fingerprint density at radius 2 is 1.12 bits per heavy atom. The molecule has 4 atom stereocenters. The molecule has 0 radical (unpaired) electrons. The van der Waals surface area contributed by atoms with Crippen LogP contribution in [-0.4, -0.2) is 37.4 Å².